The Morgan fingerprint density at radius 1 is 0.500 bits per heavy atom. The molecule has 0 saturated carbocycles. The molecule has 6 atom stereocenters. The molecule has 12 N–H and O–H groups in total. The molecule has 0 unspecified atom stereocenters. The van der Waals surface area contributed by atoms with Gasteiger partial charge in [-0.05, 0) is 0 Å². The Kier molecular flexibility index (Phi) is 23.1. The van der Waals surface area contributed by atoms with Gasteiger partial charge in [-0.1, -0.05) is 0 Å². The van der Waals surface area contributed by atoms with Gasteiger partial charge in [0.15, 0.2) is 18.3 Å². The van der Waals surface area contributed by atoms with Crippen molar-refractivity contribution in [2.24, 2.45) is 0 Å². The van der Waals surface area contributed by atoms with Crippen LogP contribution in [0.2, 0.25) is 0 Å². The molecule has 15 nitrogen and oxygen atoms in total. The van der Waals surface area contributed by atoms with E-state index in [1.807, 2.05) is 0 Å². The van der Waals surface area contributed by atoms with Crippen LogP contribution < -0.4 is 0 Å². The second-order valence-corrected chi connectivity index (χ2v) is 4.60. The Labute approximate surface area is 168 Å². The molecule has 0 aliphatic carbocycles. The van der Waals surface area contributed by atoms with Gasteiger partial charge in [0.05, 0.1) is 19.8 Å². The van der Waals surface area contributed by atoms with Crippen molar-refractivity contribution in [2.45, 2.75) is 36.6 Å². The Balaban J connectivity index is -0.000000152. The second kappa shape index (κ2) is 18.9. The molecule has 16 heteroatoms. The minimum absolute atomic E-state index is 0. The van der Waals surface area contributed by atoms with E-state index in [2.05, 4.69) is 0 Å². The fourth-order valence-electron chi connectivity index (χ4n) is 0.793. The maximum atomic E-state index is 9.78. The van der Waals surface area contributed by atoms with E-state index in [1.54, 1.807) is 0 Å². The molecule has 0 amide bonds. The van der Waals surface area contributed by atoms with Crippen LogP contribution in [0.1, 0.15) is 0 Å². The number of hydrogen-bond donors (Lipinski definition) is 12. The van der Waals surface area contributed by atoms with E-state index < -0.39 is 74.4 Å². The summed E-state index contributed by atoms with van der Waals surface area (Å²) in [6.07, 6.45) is -10.5. The van der Waals surface area contributed by atoms with Crippen molar-refractivity contribution in [3.63, 3.8) is 0 Å². The second-order valence-electron chi connectivity index (χ2n) is 4.60. The molecule has 168 valence electrons. The predicted molar refractivity (Wildman–Crippen MR) is 80.2 cm³/mol. The summed E-state index contributed by atoms with van der Waals surface area (Å²) in [5.74, 6) is -4.63. The quantitative estimate of drug-likeness (QED) is 0.152. The van der Waals surface area contributed by atoms with E-state index >= 15 is 0 Å². The summed E-state index contributed by atoms with van der Waals surface area (Å²) in [6, 6.07) is 0. The van der Waals surface area contributed by atoms with Crippen LogP contribution in [-0.2, 0) is 31.7 Å². The average molecular weight is 460 g/mol. The summed E-state index contributed by atoms with van der Waals surface area (Å²) in [6.45, 7) is -2.27. The van der Waals surface area contributed by atoms with Crippen LogP contribution in [-0.4, -0.2) is 136 Å². The molecule has 28 heavy (non-hydrogen) atoms. The summed E-state index contributed by atoms with van der Waals surface area (Å²) in [4.78, 5) is 29.3. The molecule has 0 heterocycles. The molecule has 0 aliphatic rings. The van der Waals surface area contributed by atoms with Crippen molar-refractivity contribution in [1.82, 2.24) is 0 Å². The van der Waals surface area contributed by atoms with Crippen molar-refractivity contribution in [1.29, 1.82) is 0 Å². The topological polar surface area (TPSA) is 294 Å². The molecular weight excluding hydrogens is 436 g/mol. The van der Waals surface area contributed by atoms with Gasteiger partial charge in [0.25, 0.3) is 0 Å². The minimum Gasteiger partial charge on any atom is -0.479 e. The number of carboxylic acids is 3. The largest absolute Gasteiger partial charge is 0.479 e. The number of aliphatic carboxylic acids is 3. The average Bonchev–Trinajstić information content (AvgIpc) is 2.64. The Morgan fingerprint density at radius 3 is 0.679 bits per heavy atom. The molecule has 0 aliphatic heterocycles. The molecule has 0 aromatic rings. The Hall–Kier alpha value is -1.42. The minimum atomic E-state index is -1.89. The van der Waals surface area contributed by atoms with Crippen LogP contribution in [0, 0.1) is 0 Å². The van der Waals surface area contributed by atoms with Gasteiger partial charge in [-0.25, -0.2) is 14.4 Å². The smallest absolute Gasteiger partial charge is 0.335 e. The van der Waals surface area contributed by atoms with E-state index in [-0.39, 0.29) is 17.4 Å². The first kappa shape index (κ1) is 34.1. The third-order valence-corrected chi connectivity index (χ3v) is 2.41. The van der Waals surface area contributed by atoms with Gasteiger partial charge in [0, 0.05) is 17.4 Å². The Morgan fingerprint density at radius 2 is 0.643 bits per heavy atom. The number of aliphatic hydroxyl groups excluding tert-OH is 9. The molecule has 0 rings (SSSR count). The maximum absolute atomic E-state index is 9.78. The standard InChI is InChI=1S/3C4H8O5.Cr/c3*5-1-2(6)3(7)4(8)9;/h3*2-3,5-7H,1H2,(H,8,9);/t3*2-,3+;/m000./s1. The van der Waals surface area contributed by atoms with E-state index in [0.29, 0.717) is 0 Å². The van der Waals surface area contributed by atoms with Gasteiger partial charge < -0.3 is 61.3 Å². The zero-order chi connectivity index (χ0) is 22.3. The normalized spacial score (nSPS) is 16.2. The van der Waals surface area contributed by atoms with Crippen LogP contribution in [0.3, 0.4) is 0 Å². The molecule has 0 bridgehead atoms. The fraction of sp³-hybridized carbons (Fsp3) is 0.750. The summed E-state index contributed by atoms with van der Waals surface area (Å²) in [5, 5.41) is 98.5. The van der Waals surface area contributed by atoms with E-state index in [9.17, 15) is 14.4 Å². The molecule has 0 spiro atoms. The van der Waals surface area contributed by atoms with Gasteiger partial charge in [-0.3, -0.25) is 0 Å². The zero-order valence-electron chi connectivity index (χ0n) is 14.1. The molecule has 0 aromatic heterocycles. The number of aliphatic hydroxyl groups is 9. The van der Waals surface area contributed by atoms with Crippen molar-refractivity contribution in [2.75, 3.05) is 19.8 Å². The number of hydrogen-bond acceptors (Lipinski definition) is 12. The van der Waals surface area contributed by atoms with Gasteiger partial charge >= 0.3 is 17.9 Å². The van der Waals surface area contributed by atoms with Crippen LogP contribution in [0.15, 0.2) is 0 Å². The van der Waals surface area contributed by atoms with Crippen molar-refractivity contribution in [3.05, 3.63) is 0 Å². The van der Waals surface area contributed by atoms with E-state index in [4.69, 9.17) is 61.3 Å². The first-order valence-corrected chi connectivity index (χ1v) is 6.87. The fourth-order valence-corrected chi connectivity index (χ4v) is 0.793. The van der Waals surface area contributed by atoms with Crippen LogP contribution >= 0.6 is 0 Å². The van der Waals surface area contributed by atoms with Crippen LogP contribution in [0.5, 0.6) is 0 Å². The van der Waals surface area contributed by atoms with Gasteiger partial charge in [0.1, 0.15) is 18.3 Å². The van der Waals surface area contributed by atoms with Gasteiger partial charge in [-0.2, -0.15) is 0 Å². The summed E-state index contributed by atoms with van der Waals surface area (Å²) >= 11 is 0. The number of carbonyl (C=O) groups is 3. The first-order valence-electron chi connectivity index (χ1n) is 6.87. The zero-order valence-corrected chi connectivity index (χ0v) is 15.4. The third-order valence-electron chi connectivity index (χ3n) is 2.41. The Bertz CT molecular complexity index is 371. The van der Waals surface area contributed by atoms with E-state index in [0.717, 1.165) is 0 Å². The summed E-state index contributed by atoms with van der Waals surface area (Å²) < 4.78 is 0. The van der Waals surface area contributed by atoms with E-state index in [1.165, 1.54) is 0 Å². The summed E-state index contributed by atoms with van der Waals surface area (Å²) in [5.41, 5.74) is 0. The van der Waals surface area contributed by atoms with Crippen molar-refractivity contribution < 1.29 is 93.0 Å². The van der Waals surface area contributed by atoms with Crippen LogP contribution in [0.4, 0.5) is 0 Å². The summed E-state index contributed by atoms with van der Waals surface area (Å²) in [7, 11) is 0. The van der Waals surface area contributed by atoms with Crippen molar-refractivity contribution >= 4 is 17.9 Å². The predicted octanol–water partition coefficient (Wildman–Crippen LogP) is -6.65. The van der Waals surface area contributed by atoms with Gasteiger partial charge in [-0.15, -0.1) is 0 Å². The molecule has 0 fully saturated rings. The third kappa shape index (κ3) is 16.7. The van der Waals surface area contributed by atoms with Gasteiger partial charge in [0.2, 0.25) is 0 Å². The molecular formula is C12H24CrO15. The number of carboxylic acid groups (broad SMARTS) is 3. The van der Waals surface area contributed by atoms with Crippen LogP contribution in [0.25, 0.3) is 0 Å². The first-order chi connectivity index (χ1) is 12.3. The van der Waals surface area contributed by atoms with Crippen molar-refractivity contribution in [3.8, 4) is 0 Å². The molecule has 0 radical (unpaired) electrons. The molecule has 0 saturated heterocycles. The monoisotopic (exact) mass is 460 g/mol. The molecule has 0 aromatic carbocycles. The number of rotatable bonds is 9. The maximum Gasteiger partial charge on any atom is 0.335 e. The SMILES string of the molecule is O=C(O)[C@H](O)[C@@H](O)CO.O=C(O)[C@H](O)[C@@H](O)CO.O=C(O)[C@H](O)[C@@H](O)CO.[Cr].